The van der Waals surface area contributed by atoms with E-state index in [-0.39, 0.29) is 29.7 Å². The SMILES string of the molecule is CCC(=O)O[C@@H](OC(=O)NC[C@H](Oc1ccccc1Cl)C(=O)O)C(C)C. The van der Waals surface area contributed by atoms with Crippen LogP contribution >= 0.6 is 11.6 Å². The van der Waals surface area contributed by atoms with Gasteiger partial charge in [0.25, 0.3) is 6.29 Å². The summed E-state index contributed by atoms with van der Waals surface area (Å²) in [6.07, 6.45) is -3.24. The maximum absolute atomic E-state index is 11.9. The van der Waals surface area contributed by atoms with Gasteiger partial charge >= 0.3 is 18.0 Å². The first-order valence-corrected chi connectivity index (χ1v) is 8.40. The van der Waals surface area contributed by atoms with Crippen LogP contribution in [-0.2, 0) is 19.1 Å². The normalized spacial score (nSPS) is 12.8. The number of alkyl carbamates (subject to hydrolysis) is 1. The van der Waals surface area contributed by atoms with E-state index in [9.17, 15) is 19.5 Å². The number of hydrogen-bond donors (Lipinski definition) is 2. The van der Waals surface area contributed by atoms with Crippen molar-refractivity contribution in [3.63, 3.8) is 0 Å². The smallest absolute Gasteiger partial charge is 0.410 e. The summed E-state index contributed by atoms with van der Waals surface area (Å²) in [5.41, 5.74) is 0. The van der Waals surface area contributed by atoms with Crippen LogP contribution in [0.15, 0.2) is 24.3 Å². The predicted octanol–water partition coefficient (Wildman–Crippen LogP) is 2.83. The zero-order valence-corrected chi connectivity index (χ0v) is 15.5. The van der Waals surface area contributed by atoms with Crippen molar-refractivity contribution in [3.8, 4) is 5.75 Å². The van der Waals surface area contributed by atoms with E-state index < -0.39 is 30.4 Å². The minimum Gasteiger partial charge on any atom is -0.478 e. The van der Waals surface area contributed by atoms with E-state index in [1.807, 2.05) is 0 Å². The number of ether oxygens (including phenoxy) is 3. The van der Waals surface area contributed by atoms with Gasteiger partial charge in [-0.15, -0.1) is 0 Å². The highest BCUT2D eigenvalue weighted by atomic mass is 35.5. The lowest BCUT2D eigenvalue weighted by molar-refractivity contribution is -0.174. The van der Waals surface area contributed by atoms with Crippen molar-refractivity contribution >= 4 is 29.6 Å². The number of rotatable bonds is 9. The minimum absolute atomic E-state index is 0.140. The van der Waals surface area contributed by atoms with E-state index in [1.165, 1.54) is 6.07 Å². The summed E-state index contributed by atoms with van der Waals surface area (Å²) in [7, 11) is 0. The van der Waals surface area contributed by atoms with Gasteiger partial charge in [0, 0.05) is 12.3 Å². The first-order valence-electron chi connectivity index (χ1n) is 8.02. The zero-order chi connectivity index (χ0) is 19.7. The Bertz CT molecular complexity index is 635. The fourth-order valence-electron chi connectivity index (χ4n) is 1.71. The molecule has 1 rings (SSSR count). The molecule has 9 heteroatoms. The molecule has 0 radical (unpaired) electrons. The van der Waals surface area contributed by atoms with Crippen molar-refractivity contribution in [2.45, 2.75) is 39.6 Å². The number of carboxylic acids is 1. The summed E-state index contributed by atoms with van der Waals surface area (Å²) in [5.74, 6) is -1.90. The van der Waals surface area contributed by atoms with Crippen LogP contribution in [0.4, 0.5) is 4.79 Å². The highest BCUT2D eigenvalue weighted by molar-refractivity contribution is 6.32. The summed E-state index contributed by atoms with van der Waals surface area (Å²) < 4.78 is 15.3. The highest BCUT2D eigenvalue weighted by Crippen LogP contribution is 2.24. The van der Waals surface area contributed by atoms with Crippen LogP contribution in [0.1, 0.15) is 27.2 Å². The van der Waals surface area contributed by atoms with Crippen LogP contribution < -0.4 is 10.1 Å². The lowest BCUT2D eigenvalue weighted by Crippen LogP contribution is -2.42. The van der Waals surface area contributed by atoms with E-state index >= 15 is 0 Å². The van der Waals surface area contributed by atoms with E-state index in [0.717, 1.165) is 0 Å². The average Bonchev–Trinajstić information content (AvgIpc) is 2.58. The number of hydrogen-bond acceptors (Lipinski definition) is 6. The second-order valence-corrected chi connectivity index (χ2v) is 6.02. The number of aliphatic carboxylic acids is 1. The van der Waals surface area contributed by atoms with Gasteiger partial charge in [0.2, 0.25) is 6.10 Å². The number of carboxylic acid groups (broad SMARTS) is 1. The van der Waals surface area contributed by atoms with Crippen molar-refractivity contribution in [2.24, 2.45) is 5.92 Å². The molecule has 0 saturated heterocycles. The van der Waals surface area contributed by atoms with Crippen LogP contribution in [0.2, 0.25) is 5.02 Å². The van der Waals surface area contributed by atoms with Gasteiger partial charge in [-0.1, -0.05) is 44.5 Å². The topological polar surface area (TPSA) is 111 Å². The highest BCUT2D eigenvalue weighted by Gasteiger charge is 2.25. The van der Waals surface area contributed by atoms with Gasteiger partial charge in [-0.3, -0.25) is 4.79 Å². The van der Waals surface area contributed by atoms with Gasteiger partial charge < -0.3 is 24.6 Å². The lowest BCUT2D eigenvalue weighted by Gasteiger charge is -2.22. The lowest BCUT2D eigenvalue weighted by atomic mass is 10.2. The third-order valence-corrected chi connectivity index (χ3v) is 3.43. The summed E-state index contributed by atoms with van der Waals surface area (Å²) >= 11 is 5.92. The molecule has 26 heavy (non-hydrogen) atoms. The number of nitrogens with one attached hydrogen (secondary N) is 1. The van der Waals surface area contributed by atoms with E-state index in [4.69, 9.17) is 25.8 Å². The molecule has 0 unspecified atom stereocenters. The van der Waals surface area contributed by atoms with Gasteiger partial charge in [-0.05, 0) is 12.1 Å². The molecule has 0 fully saturated rings. The number of carbonyl (C=O) groups excluding carboxylic acids is 2. The average molecular weight is 388 g/mol. The first-order chi connectivity index (χ1) is 12.2. The van der Waals surface area contributed by atoms with Gasteiger partial charge in [-0.25, -0.2) is 9.59 Å². The van der Waals surface area contributed by atoms with Crippen molar-refractivity contribution < 1.29 is 33.7 Å². The molecule has 0 aliphatic heterocycles. The second kappa shape index (κ2) is 10.5. The molecule has 0 aliphatic rings. The van der Waals surface area contributed by atoms with E-state index in [2.05, 4.69) is 5.32 Å². The molecular weight excluding hydrogens is 366 g/mol. The third kappa shape index (κ3) is 7.18. The molecule has 0 saturated carbocycles. The molecule has 0 spiro atoms. The van der Waals surface area contributed by atoms with Crippen LogP contribution in [0.3, 0.4) is 0 Å². The second-order valence-electron chi connectivity index (χ2n) is 5.62. The largest absolute Gasteiger partial charge is 0.478 e. The maximum Gasteiger partial charge on any atom is 0.410 e. The Morgan fingerprint density at radius 2 is 1.85 bits per heavy atom. The van der Waals surface area contributed by atoms with Gasteiger partial charge in [0.05, 0.1) is 11.6 Å². The number of halogens is 1. The summed E-state index contributed by atoms with van der Waals surface area (Å²) in [6.45, 7) is 4.66. The van der Waals surface area contributed by atoms with Crippen LogP contribution in [0.25, 0.3) is 0 Å². The van der Waals surface area contributed by atoms with Gasteiger partial charge in [0.1, 0.15) is 5.75 Å². The first kappa shape index (κ1) is 21.6. The fraction of sp³-hybridized carbons (Fsp3) is 0.471. The molecular formula is C17H22ClNO7. The zero-order valence-electron chi connectivity index (χ0n) is 14.7. The molecule has 0 aliphatic carbocycles. The molecule has 0 bridgehead atoms. The Morgan fingerprint density at radius 3 is 2.38 bits per heavy atom. The summed E-state index contributed by atoms with van der Waals surface area (Å²) in [6, 6.07) is 6.36. The van der Waals surface area contributed by atoms with Crippen LogP contribution in [0.5, 0.6) is 5.75 Å². The Morgan fingerprint density at radius 1 is 1.19 bits per heavy atom. The van der Waals surface area contributed by atoms with E-state index in [0.29, 0.717) is 0 Å². The molecule has 1 amide bonds. The Kier molecular flexibility index (Phi) is 8.71. The number of amides is 1. The Balaban J connectivity index is 2.62. The third-order valence-electron chi connectivity index (χ3n) is 3.12. The molecule has 2 N–H and O–H groups in total. The maximum atomic E-state index is 11.9. The van der Waals surface area contributed by atoms with Crippen molar-refractivity contribution in [1.29, 1.82) is 0 Å². The van der Waals surface area contributed by atoms with Crippen LogP contribution in [-0.4, -0.2) is 42.1 Å². The standard InChI is InChI=1S/C17H22ClNO7/c1-4-14(20)25-16(10(2)3)26-17(23)19-9-13(15(21)22)24-12-8-6-5-7-11(12)18/h5-8,10,13,16H,4,9H2,1-3H3,(H,19,23)(H,21,22)/t13-,16-/m0/s1. The summed E-state index contributed by atoms with van der Waals surface area (Å²) in [5, 5.41) is 11.8. The molecule has 8 nitrogen and oxygen atoms in total. The van der Waals surface area contributed by atoms with Crippen molar-refractivity contribution in [1.82, 2.24) is 5.32 Å². The monoisotopic (exact) mass is 387 g/mol. The Labute approximate surface area is 156 Å². The molecule has 1 aromatic rings. The number of benzene rings is 1. The molecule has 0 aromatic heterocycles. The minimum atomic E-state index is -1.38. The Hall–Kier alpha value is -2.48. The number of carbonyl (C=O) groups is 3. The molecule has 1 aromatic carbocycles. The van der Waals surface area contributed by atoms with Gasteiger partial charge in [0.15, 0.2) is 0 Å². The van der Waals surface area contributed by atoms with Crippen molar-refractivity contribution in [2.75, 3.05) is 6.54 Å². The van der Waals surface area contributed by atoms with Gasteiger partial charge in [-0.2, -0.15) is 0 Å². The quantitative estimate of drug-likeness (QED) is 0.495. The van der Waals surface area contributed by atoms with Crippen LogP contribution in [0, 0.1) is 5.92 Å². The molecule has 2 atom stereocenters. The fourth-order valence-corrected chi connectivity index (χ4v) is 1.89. The molecule has 0 heterocycles. The molecule has 144 valence electrons. The summed E-state index contributed by atoms with van der Waals surface area (Å²) in [4.78, 5) is 34.5. The number of para-hydroxylation sites is 1. The van der Waals surface area contributed by atoms with E-state index in [1.54, 1.807) is 39.0 Å². The van der Waals surface area contributed by atoms with Crippen molar-refractivity contribution in [3.05, 3.63) is 29.3 Å². The predicted molar refractivity (Wildman–Crippen MR) is 93.0 cm³/mol. The number of esters is 1.